The lowest BCUT2D eigenvalue weighted by atomic mass is 10.2. The molecule has 0 heterocycles. The summed E-state index contributed by atoms with van der Waals surface area (Å²) in [6.45, 7) is 0.0482. The monoisotopic (exact) mass is 193 g/mol. The van der Waals surface area contributed by atoms with Gasteiger partial charge in [0.15, 0.2) is 0 Å². The van der Waals surface area contributed by atoms with Crippen LogP contribution in [0.25, 0.3) is 0 Å². The fraction of sp³-hybridized carbons (Fsp3) is 0.857. The molecule has 0 aromatic carbocycles. The van der Waals surface area contributed by atoms with Crippen LogP contribution < -0.4 is 0 Å². The number of hydrogen-bond acceptors (Lipinski definition) is 4. The van der Waals surface area contributed by atoms with Crippen LogP contribution in [0.15, 0.2) is 0 Å². The number of hydrogen-bond donors (Lipinski definition) is 1. The van der Waals surface area contributed by atoms with E-state index in [9.17, 15) is 14.9 Å². The minimum absolute atomic E-state index is 0. The standard InChI is InChI=1S/C6H11NO5.CH4/c8-6(9)4-2-1-3-5-12-7(10)11;/h1-5H2,(H,8,9);1H4. The molecule has 0 amide bonds. The molecule has 6 nitrogen and oxygen atoms in total. The van der Waals surface area contributed by atoms with E-state index in [1.165, 1.54) is 0 Å². The quantitative estimate of drug-likeness (QED) is 0.375. The fourth-order valence-electron chi connectivity index (χ4n) is 0.694. The number of unbranched alkanes of at least 4 members (excludes halogenated alkanes) is 2. The van der Waals surface area contributed by atoms with E-state index in [1.807, 2.05) is 0 Å². The van der Waals surface area contributed by atoms with Gasteiger partial charge in [0, 0.05) is 6.42 Å². The highest BCUT2D eigenvalue weighted by atomic mass is 16.9. The van der Waals surface area contributed by atoms with E-state index in [-0.39, 0.29) is 20.5 Å². The van der Waals surface area contributed by atoms with Crippen LogP contribution in [0.1, 0.15) is 33.1 Å². The molecule has 0 unspecified atom stereocenters. The molecule has 0 aromatic heterocycles. The maximum absolute atomic E-state index is 10.0. The van der Waals surface area contributed by atoms with Crippen LogP contribution in [-0.4, -0.2) is 22.8 Å². The van der Waals surface area contributed by atoms with Crippen molar-refractivity contribution in [3.63, 3.8) is 0 Å². The molecule has 0 aliphatic heterocycles. The molecule has 6 heteroatoms. The molecule has 0 aromatic rings. The van der Waals surface area contributed by atoms with E-state index in [0.29, 0.717) is 19.3 Å². The second-order valence-electron chi connectivity index (χ2n) is 2.26. The number of nitrogens with zero attached hydrogens (tertiary/aromatic N) is 1. The molecule has 0 bridgehead atoms. The summed E-state index contributed by atoms with van der Waals surface area (Å²) in [7, 11) is 0. The molecule has 0 saturated carbocycles. The Morgan fingerprint density at radius 3 is 2.46 bits per heavy atom. The van der Waals surface area contributed by atoms with Crippen molar-refractivity contribution in [2.45, 2.75) is 33.1 Å². The third-order valence-corrected chi connectivity index (χ3v) is 1.23. The molecule has 0 atom stereocenters. The molecule has 0 aliphatic carbocycles. The van der Waals surface area contributed by atoms with Crippen molar-refractivity contribution in [2.24, 2.45) is 0 Å². The molecular formula is C7H15NO5. The number of carboxylic acid groups (broad SMARTS) is 1. The van der Waals surface area contributed by atoms with Gasteiger partial charge < -0.3 is 9.94 Å². The largest absolute Gasteiger partial charge is 0.481 e. The molecule has 0 radical (unpaired) electrons. The summed E-state index contributed by atoms with van der Waals surface area (Å²) in [5.74, 6) is -0.842. The minimum Gasteiger partial charge on any atom is -0.481 e. The lowest BCUT2D eigenvalue weighted by Gasteiger charge is -1.97. The van der Waals surface area contributed by atoms with Gasteiger partial charge in [-0.3, -0.25) is 4.79 Å². The van der Waals surface area contributed by atoms with Crippen molar-refractivity contribution in [1.82, 2.24) is 0 Å². The van der Waals surface area contributed by atoms with Crippen molar-refractivity contribution in [3.8, 4) is 0 Å². The van der Waals surface area contributed by atoms with Crippen LogP contribution in [0.4, 0.5) is 0 Å². The minimum atomic E-state index is -0.850. The van der Waals surface area contributed by atoms with Crippen LogP contribution in [0.5, 0.6) is 0 Å². The number of carbonyl (C=O) groups is 1. The molecule has 0 aliphatic rings. The molecule has 0 rings (SSSR count). The maximum atomic E-state index is 10.0. The van der Waals surface area contributed by atoms with Crippen LogP contribution in [-0.2, 0) is 9.63 Å². The number of carboxylic acids is 1. The zero-order valence-corrected chi connectivity index (χ0v) is 6.56. The highest BCUT2D eigenvalue weighted by Crippen LogP contribution is 1.99. The third-order valence-electron chi connectivity index (χ3n) is 1.23. The zero-order valence-electron chi connectivity index (χ0n) is 6.56. The van der Waals surface area contributed by atoms with Crippen LogP contribution in [0.2, 0.25) is 0 Å². The highest BCUT2D eigenvalue weighted by Gasteiger charge is 1.97. The van der Waals surface area contributed by atoms with Gasteiger partial charge in [-0.1, -0.05) is 13.8 Å². The van der Waals surface area contributed by atoms with Gasteiger partial charge in [0.1, 0.15) is 0 Å². The lowest BCUT2D eigenvalue weighted by molar-refractivity contribution is -0.757. The average Bonchev–Trinajstić information content (AvgIpc) is 1.95. The smallest absolute Gasteiger partial charge is 0.303 e. The van der Waals surface area contributed by atoms with Crippen LogP contribution in [0.3, 0.4) is 0 Å². The molecule has 0 spiro atoms. The molecular weight excluding hydrogens is 178 g/mol. The topological polar surface area (TPSA) is 89.7 Å². The van der Waals surface area contributed by atoms with Gasteiger partial charge in [0.05, 0.1) is 6.61 Å². The van der Waals surface area contributed by atoms with E-state index < -0.39 is 11.1 Å². The van der Waals surface area contributed by atoms with Crippen molar-refractivity contribution >= 4 is 5.97 Å². The van der Waals surface area contributed by atoms with E-state index in [0.717, 1.165) is 0 Å². The molecule has 0 saturated heterocycles. The normalized spacial score (nSPS) is 8.62. The van der Waals surface area contributed by atoms with Crippen molar-refractivity contribution < 1.29 is 19.8 Å². The van der Waals surface area contributed by atoms with Gasteiger partial charge in [-0.25, -0.2) is 0 Å². The van der Waals surface area contributed by atoms with Gasteiger partial charge in [0.25, 0.3) is 5.09 Å². The van der Waals surface area contributed by atoms with Crippen molar-refractivity contribution in [1.29, 1.82) is 0 Å². The Morgan fingerprint density at radius 2 is 2.00 bits per heavy atom. The summed E-state index contributed by atoms with van der Waals surface area (Å²) < 4.78 is 0. The average molecular weight is 193 g/mol. The number of aliphatic carboxylic acids is 1. The molecule has 1 N–H and O–H groups in total. The van der Waals surface area contributed by atoms with E-state index in [1.54, 1.807) is 0 Å². The van der Waals surface area contributed by atoms with Crippen molar-refractivity contribution in [2.75, 3.05) is 6.61 Å². The van der Waals surface area contributed by atoms with E-state index in [2.05, 4.69) is 4.84 Å². The van der Waals surface area contributed by atoms with Crippen LogP contribution >= 0.6 is 0 Å². The Morgan fingerprint density at radius 1 is 1.38 bits per heavy atom. The zero-order chi connectivity index (χ0) is 9.40. The Balaban J connectivity index is 0. The van der Waals surface area contributed by atoms with Gasteiger partial charge in [-0.2, -0.15) is 0 Å². The van der Waals surface area contributed by atoms with E-state index in [4.69, 9.17) is 5.11 Å². The first-order chi connectivity index (χ1) is 5.63. The Kier molecular flexibility index (Phi) is 9.58. The lowest BCUT2D eigenvalue weighted by Crippen LogP contribution is -2.02. The summed E-state index contributed by atoms with van der Waals surface area (Å²) in [6, 6.07) is 0. The summed E-state index contributed by atoms with van der Waals surface area (Å²) >= 11 is 0. The second-order valence-corrected chi connectivity index (χ2v) is 2.26. The highest BCUT2D eigenvalue weighted by molar-refractivity contribution is 5.66. The first-order valence-electron chi connectivity index (χ1n) is 3.62. The Bertz CT molecular complexity index is 141. The van der Waals surface area contributed by atoms with Gasteiger partial charge in [-0.15, -0.1) is 10.1 Å². The summed E-state index contributed by atoms with van der Waals surface area (Å²) in [6.07, 6.45) is 1.81. The van der Waals surface area contributed by atoms with Crippen molar-refractivity contribution in [3.05, 3.63) is 10.1 Å². The summed E-state index contributed by atoms with van der Waals surface area (Å²) in [5, 5.41) is 17.0. The Labute approximate surface area is 76.6 Å². The van der Waals surface area contributed by atoms with Gasteiger partial charge >= 0.3 is 5.97 Å². The SMILES string of the molecule is C.O=C(O)CCCCCO[N+](=O)[O-]. The van der Waals surface area contributed by atoms with Crippen LogP contribution in [0, 0.1) is 10.1 Å². The summed E-state index contributed by atoms with van der Waals surface area (Å²) in [4.78, 5) is 23.7. The summed E-state index contributed by atoms with van der Waals surface area (Å²) in [5.41, 5.74) is 0. The number of rotatable bonds is 7. The maximum Gasteiger partial charge on any atom is 0.303 e. The third kappa shape index (κ3) is 13.6. The molecule has 0 fully saturated rings. The predicted molar refractivity (Wildman–Crippen MR) is 45.8 cm³/mol. The van der Waals surface area contributed by atoms with E-state index >= 15 is 0 Å². The first-order valence-corrected chi connectivity index (χ1v) is 3.62. The predicted octanol–water partition coefficient (Wildman–Crippen LogP) is 1.48. The molecule has 78 valence electrons. The first kappa shape index (κ1) is 14.2. The molecule has 13 heavy (non-hydrogen) atoms. The van der Waals surface area contributed by atoms with Gasteiger partial charge in [0.2, 0.25) is 0 Å². The fourth-order valence-corrected chi connectivity index (χ4v) is 0.694. The van der Waals surface area contributed by atoms with Gasteiger partial charge in [-0.05, 0) is 12.8 Å². The Hall–Kier alpha value is -1.33. The second kappa shape index (κ2) is 8.76.